The summed E-state index contributed by atoms with van der Waals surface area (Å²) in [6.45, 7) is 2.95. The molecule has 2 aromatic carbocycles. The van der Waals surface area contributed by atoms with Gasteiger partial charge in [0.2, 0.25) is 0 Å². The van der Waals surface area contributed by atoms with Crippen LogP contribution in [0.2, 0.25) is 0 Å². The Morgan fingerprint density at radius 2 is 1.87 bits per heavy atom. The van der Waals surface area contributed by atoms with E-state index in [2.05, 4.69) is 31.3 Å². The van der Waals surface area contributed by atoms with Crippen molar-refractivity contribution < 1.29 is 14.3 Å². The molecule has 156 valence electrons. The van der Waals surface area contributed by atoms with Crippen LogP contribution in [0.5, 0.6) is 11.5 Å². The highest BCUT2D eigenvalue weighted by Crippen LogP contribution is 2.37. The Hall–Kier alpha value is -3.39. The van der Waals surface area contributed by atoms with Crippen molar-refractivity contribution >= 4 is 27.5 Å². The van der Waals surface area contributed by atoms with Crippen LogP contribution in [0.1, 0.15) is 28.9 Å². The molecule has 7 nitrogen and oxygen atoms in total. The van der Waals surface area contributed by atoms with Crippen molar-refractivity contribution in [2.45, 2.75) is 13.0 Å². The average molecular weight is 479 g/mol. The second-order valence-electron chi connectivity index (χ2n) is 7.20. The van der Waals surface area contributed by atoms with Crippen LogP contribution >= 0.6 is 15.9 Å². The van der Waals surface area contributed by atoms with Gasteiger partial charge in [0.1, 0.15) is 18.8 Å². The predicted molar refractivity (Wildman–Crippen MR) is 119 cm³/mol. The number of nitrogens with zero attached hydrogens (tertiary/aromatic N) is 3. The zero-order valence-electron chi connectivity index (χ0n) is 16.7. The van der Waals surface area contributed by atoms with Crippen LogP contribution in [0.25, 0.3) is 16.9 Å². The number of benzene rings is 2. The maximum atomic E-state index is 13.1. The van der Waals surface area contributed by atoms with Gasteiger partial charge in [-0.05, 0) is 30.7 Å². The van der Waals surface area contributed by atoms with Gasteiger partial charge in [-0.3, -0.25) is 4.79 Å². The number of halogens is 1. The van der Waals surface area contributed by atoms with Gasteiger partial charge in [-0.2, -0.15) is 5.10 Å². The fourth-order valence-electron chi connectivity index (χ4n) is 3.64. The summed E-state index contributed by atoms with van der Waals surface area (Å²) in [6, 6.07) is 15.3. The van der Waals surface area contributed by atoms with Crippen molar-refractivity contribution in [3.8, 4) is 22.8 Å². The summed E-state index contributed by atoms with van der Waals surface area (Å²) < 4.78 is 13.8. The van der Waals surface area contributed by atoms with Gasteiger partial charge in [-0.15, -0.1) is 0 Å². The van der Waals surface area contributed by atoms with E-state index in [1.807, 2.05) is 55.5 Å². The fourth-order valence-corrected chi connectivity index (χ4v) is 4.31. The lowest BCUT2D eigenvalue weighted by molar-refractivity contribution is 0.0941. The molecule has 0 radical (unpaired) electrons. The molecule has 5 rings (SSSR count). The van der Waals surface area contributed by atoms with Gasteiger partial charge in [0.05, 0.1) is 17.9 Å². The lowest BCUT2D eigenvalue weighted by atomic mass is 10.1. The number of carbonyl (C=O) groups is 1. The van der Waals surface area contributed by atoms with E-state index in [9.17, 15) is 4.79 Å². The van der Waals surface area contributed by atoms with Crippen LogP contribution in [0.3, 0.4) is 0 Å². The van der Waals surface area contributed by atoms with Gasteiger partial charge >= 0.3 is 0 Å². The monoisotopic (exact) mass is 478 g/mol. The number of carbonyl (C=O) groups excluding carboxylic acids is 1. The Kier molecular flexibility index (Phi) is 5.07. The van der Waals surface area contributed by atoms with Gasteiger partial charge in [0.25, 0.3) is 5.91 Å². The summed E-state index contributed by atoms with van der Waals surface area (Å²) in [7, 11) is 0. The lowest BCUT2D eigenvalue weighted by Gasteiger charge is -2.22. The van der Waals surface area contributed by atoms with Gasteiger partial charge in [-0.25, -0.2) is 9.50 Å². The number of rotatable bonds is 4. The van der Waals surface area contributed by atoms with Crippen molar-refractivity contribution in [1.82, 2.24) is 19.9 Å². The van der Waals surface area contributed by atoms with Gasteiger partial charge in [0, 0.05) is 16.2 Å². The van der Waals surface area contributed by atoms with Crippen molar-refractivity contribution in [3.05, 3.63) is 76.5 Å². The van der Waals surface area contributed by atoms with Crippen LogP contribution in [-0.2, 0) is 0 Å². The van der Waals surface area contributed by atoms with Crippen LogP contribution < -0.4 is 14.8 Å². The number of hydrogen-bond acceptors (Lipinski definition) is 5. The first kappa shape index (κ1) is 19.6. The Balaban J connectivity index is 1.44. The van der Waals surface area contributed by atoms with Crippen LogP contribution in [-0.4, -0.2) is 33.7 Å². The van der Waals surface area contributed by atoms with E-state index in [4.69, 9.17) is 9.47 Å². The summed E-state index contributed by atoms with van der Waals surface area (Å²) in [6.07, 6.45) is 3.24. The van der Waals surface area contributed by atoms with E-state index in [1.54, 1.807) is 16.9 Å². The minimum atomic E-state index is -0.273. The highest BCUT2D eigenvalue weighted by atomic mass is 79.9. The fraction of sp³-hybridized carbons (Fsp3) is 0.174. The second kappa shape index (κ2) is 8.03. The minimum Gasteiger partial charge on any atom is -0.486 e. The third-order valence-corrected chi connectivity index (χ3v) is 5.88. The third kappa shape index (κ3) is 3.63. The van der Waals surface area contributed by atoms with Crippen LogP contribution in [0.15, 0.2) is 65.4 Å². The topological polar surface area (TPSA) is 77.8 Å². The zero-order chi connectivity index (χ0) is 21.4. The molecule has 1 aliphatic heterocycles. The molecule has 0 aliphatic carbocycles. The van der Waals surface area contributed by atoms with E-state index in [-0.39, 0.29) is 11.9 Å². The molecule has 1 atom stereocenters. The molecule has 0 saturated heterocycles. The molecular formula is C23H19BrN4O3. The zero-order valence-corrected chi connectivity index (χ0v) is 18.3. The molecule has 1 amide bonds. The first-order valence-corrected chi connectivity index (χ1v) is 10.7. The SMILES string of the molecule is CC(NC(=O)c1cnn2c(-c3ccccc3)ccnc12)c1cc2c(cc1Br)OCCO2. The summed E-state index contributed by atoms with van der Waals surface area (Å²) in [5.74, 6) is 1.12. The molecule has 1 N–H and O–H groups in total. The molecule has 0 bridgehead atoms. The van der Waals surface area contributed by atoms with Gasteiger partial charge in [0.15, 0.2) is 17.1 Å². The minimum absolute atomic E-state index is 0.248. The van der Waals surface area contributed by atoms with Crippen molar-refractivity contribution in [2.24, 2.45) is 0 Å². The number of fused-ring (bicyclic) bond motifs is 2. The van der Waals surface area contributed by atoms with Crippen molar-refractivity contribution in [3.63, 3.8) is 0 Å². The number of hydrogen-bond donors (Lipinski definition) is 1. The average Bonchev–Trinajstić information content (AvgIpc) is 3.23. The largest absolute Gasteiger partial charge is 0.486 e. The van der Waals surface area contributed by atoms with E-state index in [0.29, 0.717) is 35.9 Å². The second-order valence-corrected chi connectivity index (χ2v) is 8.06. The van der Waals surface area contributed by atoms with E-state index in [1.165, 1.54) is 0 Å². The van der Waals surface area contributed by atoms with E-state index >= 15 is 0 Å². The van der Waals surface area contributed by atoms with Crippen molar-refractivity contribution in [1.29, 1.82) is 0 Å². The Labute approximate surface area is 187 Å². The normalized spacial score (nSPS) is 13.7. The molecule has 31 heavy (non-hydrogen) atoms. The quantitative estimate of drug-likeness (QED) is 0.469. The lowest BCUT2D eigenvalue weighted by Crippen LogP contribution is -2.27. The molecule has 0 saturated carbocycles. The summed E-state index contributed by atoms with van der Waals surface area (Å²) in [4.78, 5) is 17.5. The van der Waals surface area contributed by atoms with Crippen LogP contribution in [0, 0.1) is 0 Å². The summed E-state index contributed by atoms with van der Waals surface area (Å²) >= 11 is 3.57. The Bertz CT molecular complexity index is 1270. The summed E-state index contributed by atoms with van der Waals surface area (Å²) in [5, 5.41) is 7.46. The molecule has 8 heteroatoms. The number of aromatic nitrogens is 3. The molecule has 0 fully saturated rings. The highest BCUT2D eigenvalue weighted by molar-refractivity contribution is 9.10. The molecule has 1 aliphatic rings. The molecular weight excluding hydrogens is 460 g/mol. The maximum absolute atomic E-state index is 13.1. The van der Waals surface area contributed by atoms with Crippen LogP contribution in [0.4, 0.5) is 0 Å². The van der Waals surface area contributed by atoms with Gasteiger partial charge < -0.3 is 14.8 Å². The highest BCUT2D eigenvalue weighted by Gasteiger charge is 2.22. The Morgan fingerprint density at radius 1 is 1.13 bits per heavy atom. The smallest absolute Gasteiger partial charge is 0.257 e. The third-order valence-electron chi connectivity index (χ3n) is 5.19. The van der Waals surface area contributed by atoms with Gasteiger partial charge in [-0.1, -0.05) is 46.3 Å². The first-order chi connectivity index (χ1) is 15.1. The van der Waals surface area contributed by atoms with E-state index < -0.39 is 0 Å². The molecule has 4 aromatic rings. The molecule has 3 heterocycles. The Morgan fingerprint density at radius 3 is 2.65 bits per heavy atom. The summed E-state index contributed by atoms with van der Waals surface area (Å²) in [5.41, 5.74) is 3.68. The molecule has 1 unspecified atom stereocenters. The number of nitrogens with one attached hydrogen (secondary N) is 1. The van der Waals surface area contributed by atoms with Crippen molar-refractivity contribution in [2.75, 3.05) is 13.2 Å². The maximum Gasteiger partial charge on any atom is 0.257 e. The molecule has 0 spiro atoms. The first-order valence-electron chi connectivity index (χ1n) is 9.90. The standard InChI is InChI=1S/C23H19BrN4O3/c1-14(16-11-20-21(12-18(16)24)31-10-9-30-20)27-23(29)17-13-26-28-19(7-8-25-22(17)28)15-5-3-2-4-6-15/h2-8,11-14H,9-10H2,1H3,(H,27,29). The molecule has 2 aromatic heterocycles. The number of amides is 1. The van der Waals surface area contributed by atoms with E-state index in [0.717, 1.165) is 21.3 Å². The predicted octanol–water partition coefficient (Wildman–Crippen LogP) is 4.42. The number of ether oxygens (including phenoxy) is 2.